The topological polar surface area (TPSA) is 9.86 Å². The van der Waals surface area contributed by atoms with E-state index in [-0.39, 0.29) is 0 Å². The first kappa shape index (κ1) is 36.8. The Morgan fingerprint density at radius 2 is 0.698 bits per heavy atom. The zero-order chi connectivity index (χ0) is 41.7. The molecule has 0 unspecified atom stereocenters. The lowest BCUT2D eigenvalue weighted by molar-refractivity contribution is 1.13. The Bertz CT molecular complexity index is 3500. The maximum atomic E-state index is 2.62. The van der Waals surface area contributed by atoms with Crippen LogP contribution in [0.25, 0.3) is 77.2 Å². The van der Waals surface area contributed by atoms with Crippen LogP contribution >= 0.6 is 0 Å². The van der Waals surface area contributed by atoms with Crippen molar-refractivity contribution in [3.63, 3.8) is 0 Å². The maximum Gasteiger partial charge on any atom is 0.181 e. The minimum Gasteiger partial charge on any atom is -0.307 e. The Balaban J connectivity index is 1.31. The summed E-state index contributed by atoms with van der Waals surface area (Å²) in [4.78, 5) is 0. The lowest BCUT2D eigenvalue weighted by atomic mass is 10.0. The van der Waals surface area contributed by atoms with Gasteiger partial charge in [-0.15, -0.1) is 0 Å². The molecular weight excluding hydrogens is 777 g/mol. The quantitative estimate of drug-likeness (QED) is 0.107. The second-order valence-corrected chi connectivity index (χ2v) is 20.2. The minimum atomic E-state index is -3.11. The first-order valence-corrected chi connectivity index (χ1v) is 23.8. The van der Waals surface area contributed by atoms with Gasteiger partial charge in [0.1, 0.15) is 0 Å². The van der Waals surface area contributed by atoms with E-state index in [9.17, 15) is 0 Å². The van der Waals surface area contributed by atoms with Gasteiger partial charge in [0.05, 0.1) is 33.4 Å². The van der Waals surface area contributed by atoms with E-state index in [4.69, 9.17) is 0 Å². The van der Waals surface area contributed by atoms with Crippen molar-refractivity contribution in [3.8, 4) is 33.6 Å². The Morgan fingerprint density at radius 1 is 0.270 bits per heavy atom. The summed E-state index contributed by atoms with van der Waals surface area (Å²) >= 11 is 0. The van der Waals surface area contributed by atoms with Gasteiger partial charge in [0.25, 0.3) is 0 Å². The van der Waals surface area contributed by atoms with E-state index in [1.165, 1.54) is 86.6 Å². The van der Waals surface area contributed by atoms with Crippen molar-refractivity contribution < 1.29 is 0 Å². The molecule has 10 aromatic carbocycles. The molecule has 2 aromatic heterocycles. The molecule has 0 amide bonds. The number of hydrogen-bond donors (Lipinski definition) is 0. The molecule has 0 radical (unpaired) electrons. The van der Waals surface area contributed by atoms with Gasteiger partial charge in [-0.25, -0.2) is 0 Å². The SMILES string of the molecule is c1ccc(-c2cc([Si](c3ccccc3)(c3ccccc3)c3ccccc3)c3c(c2)c2ccccc2n3-c2cccc3c4ccccc4n(-c4ccccc4-c4ccccc4)c23)cc1. The van der Waals surface area contributed by atoms with Gasteiger partial charge in [0, 0.05) is 27.1 Å². The summed E-state index contributed by atoms with van der Waals surface area (Å²) in [6.07, 6.45) is 0. The molecule has 0 N–H and O–H groups in total. The second-order valence-electron chi connectivity index (χ2n) is 16.4. The molecule has 12 rings (SSSR count). The number of para-hydroxylation sites is 4. The Labute approximate surface area is 368 Å². The summed E-state index contributed by atoms with van der Waals surface area (Å²) < 4.78 is 5.14. The van der Waals surface area contributed by atoms with Gasteiger partial charge in [-0.3, -0.25) is 0 Å². The fourth-order valence-corrected chi connectivity index (χ4v) is 15.4. The zero-order valence-electron chi connectivity index (χ0n) is 34.6. The smallest absolute Gasteiger partial charge is 0.181 e. The highest BCUT2D eigenvalue weighted by Gasteiger charge is 2.44. The van der Waals surface area contributed by atoms with Crippen LogP contribution < -0.4 is 20.7 Å². The summed E-state index contributed by atoms with van der Waals surface area (Å²) in [7, 11) is -3.11. The molecule has 3 heteroatoms. The van der Waals surface area contributed by atoms with Crippen molar-refractivity contribution in [3.05, 3.63) is 255 Å². The van der Waals surface area contributed by atoms with E-state index >= 15 is 0 Å². The molecule has 2 nitrogen and oxygen atoms in total. The summed E-state index contributed by atoms with van der Waals surface area (Å²) in [6.45, 7) is 0. The van der Waals surface area contributed by atoms with Crippen molar-refractivity contribution in [1.82, 2.24) is 9.13 Å². The third kappa shape index (κ3) is 5.78. The van der Waals surface area contributed by atoms with Crippen molar-refractivity contribution in [2.75, 3.05) is 0 Å². The summed E-state index contributed by atoms with van der Waals surface area (Å²) in [5.74, 6) is 0. The first-order valence-electron chi connectivity index (χ1n) is 21.8. The predicted molar refractivity (Wildman–Crippen MR) is 270 cm³/mol. The fourth-order valence-electron chi connectivity index (χ4n) is 10.4. The Hall–Kier alpha value is -7.98. The van der Waals surface area contributed by atoms with E-state index in [1.54, 1.807) is 0 Å². The van der Waals surface area contributed by atoms with E-state index in [2.05, 4.69) is 264 Å². The van der Waals surface area contributed by atoms with Gasteiger partial charge in [0.2, 0.25) is 0 Å². The van der Waals surface area contributed by atoms with Crippen LogP contribution in [0.4, 0.5) is 0 Å². The number of fused-ring (bicyclic) bond motifs is 6. The summed E-state index contributed by atoms with van der Waals surface area (Å²) in [5, 5.41) is 10.3. The number of benzene rings is 10. The molecule has 0 aliphatic heterocycles. The van der Waals surface area contributed by atoms with Crippen LogP contribution in [0.1, 0.15) is 0 Å². The van der Waals surface area contributed by atoms with Crippen molar-refractivity contribution in [1.29, 1.82) is 0 Å². The number of aromatic nitrogens is 2. The molecule has 0 spiro atoms. The van der Waals surface area contributed by atoms with Gasteiger partial charge in [0.15, 0.2) is 8.07 Å². The molecule has 0 atom stereocenters. The van der Waals surface area contributed by atoms with E-state index < -0.39 is 8.07 Å². The molecule has 63 heavy (non-hydrogen) atoms. The van der Waals surface area contributed by atoms with Crippen molar-refractivity contribution in [2.24, 2.45) is 0 Å². The highest BCUT2D eigenvalue weighted by atomic mass is 28.3. The number of nitrogens with zero attached hydrogens (tertiary/aromatic N) is 2. The highest BCUT2D eigenvalue weighted by Crippen LogP contribution is 2.42. The molecular formula is C60H42N2Si. The van der Waals surface area contributed by atoms with Crippen LogP contribution in [0, 0.1) is 0 Å². The molecule has 0 saturated heterocycles. The van der Waals surface area contributed by atoms with Crippen LogP contribution in [-0.4, -0.2) is 17.2 Å². The first-order chi connectivity index (χ1) is 31.3. The third-order valence-electron chi connectivity index (χ3n) is 13.0. The normalized spacial score (nSPS) is 11.8. The average molecular weight is 819 g/mol. The Kier molecular flexibility index (Phi) is 8.87. The predicted octanol–water partition coefficient (Wildman–Crippen LogP) is 12.6. The van der Waals surface area contributed by atoms with Gasteiger partial charge in [-0.05, 0) is 67.8 Å². The van der Waals surface area contributed by atoms with Crippen molar-refractivity contribution in [2.45, 2.75) is 0 Å². The average Bonchev–Trinajstić information content (AvgIpc) is 3.89. The number of rotatable bonds is 8. The summed E-state index contributed by atoms with van der Waals surface area (Å²) in [5.41, 5.74) is 11.9. The largest absolute Gasteiger partial charge is 0.307 e. The van der Waals surface area contributed by atoms with Crippen LogP contribution in [0.5, 0.6) is 0 Å². The lowest BCUT2D eigenvalue weighted by Crippen LogP contribution is -2.75. The standard InChI is InChI=1S/C60H42N2Si/c1-6-23-43(24-7-1)45-41-53-51-35-18-21-39-56(51)62(60(53)58(42-45)63(46-27-10-3-11-28-46,47-29-12-4-13-30-47)48-31-14-5-15-32-48)57-40-22-36-52-50-34-17-20-38-55(50)61(59(52)57)54-37-19-16-33-49(54)44-25-8-2-9-26-44/h1-42H. The van der Waals surface area contributed by atoms with E-state index in [1.807, 2.05) is 0 Å². The van der Waals surface area contributed by atoms with Crippen LogP contribution in [0.2, 0.25) is 0 Å². The van der Waals surface area contributed by atoms with Crippen LogP contribution in [0.15, 0.2) is 255 Å². The molecule has 0 aliphatic carbocycles. The molecule has 12 aromatic rings. The van der Waals surface area contributed by atoms with Gasteiger partial charge < -0.3 is 9.13 Å². The highest BCUT2D eigenvalue weighted by molar-refractivity contribution is 7.20. The van der Waals surface area contributed by atoms with Gasteiger partial charge in [-0.1, -0.05) is 224 Å². The molecule has 2 heterocycles. The van der Waals surface area contributed by atoms with Crippen LogP contribution in [-0.2, 0) is 0 Å². The zero-order valence-corrected chi connectivity index (χ0v) is 35.6. The molecule has 0 saturated carbocycles. The van der Waals surface area contributed by atoms with Crippen molar-refractivity contribution >= 4 is 72.4 Å². The van der Waals surface area contributed by atoms with E-state index in [0.717, 1.165) is 11.4 Å². The van der Waals surface area contributed by atoms with Gasteiger partial charge in [-0.2, -0.15) is 0 Å². The van der Waals surface area contributed by atoms with Gasteiger partial charge >= 0.3 is 0 Å². The molecule has 0 fully saturated rings. The van der Waals surface area contributed by atoms with Crippen LogP contribution in [0.3, 0.4) is 0 Å². The Morgan fingerprint density at radius 3 is 1.29 bits per heavy atom. The van der Waals surface area contributed by atoms with E-state index in [0.29, 0.717) is 0 Å². The molecule has 0 aliphatic rings. The fraction of sp³-hybridized carbons (Fsp3) is 0. The summed E-state index contributed by atoms with van der Waals surface area (Å²) in [6, 6.07) is 94.5. The number of hydrogen-bond acceptors (Lipinski definition) is 0. The maximum absolute atomic E-state index is 3.11. The minimum absolute atomic E-state index is 1.14. The lowest BCUT2D eigenvalue weighted by Gasteiger charge is -2.35. The second kappa shape index (κ2) is 15.2. The third-order valence-corrected chi connectivity index (χ3v) is 17.8. The monoisotopic (exact) mass is 818 g/mol. The molecule has 296 valence electrons. The molecule has 0 bridgehead atoms.